The Morgan fingerprint density at radius 1 is 1.10 bits per heavy atom. The lowest BCUT2D eigenvalue weighted by Gasteiger charge is -2.09. The fraction of sp³-hybridized carbons (Fsp3) is 0.0500. The van der Waals surface area contributed by atoms with E-state index in [2.05, 4.69) is 14.7 Å². The minimum Gasteiger partial charge on any atom is -0.408 e. The Morgan fingerprint density at radius 2 is 1.97 bits per heavy atom. The van der Waals surface area contributed by atoms with Crippen LogP contribution < -0.4 is 10.5 Å². The van der Waals surface area contributed by atoms with Crippen molar-refractivity contribution in [2.75, 3.05) is 4.72 Å². The van der Waals surface area contributed by atoms with Gasteiger partial charge in [0.15, 0.2) is 5.58 Å². The first kappa shape index (κ1) is 18.1. The van der Waals surface area contributed by atoms with Crippen LogP contribution in [-0.4, -0.2) is 27.4 Å². The van der Waals surface area contributed by atoms with Crippen molar-refractivity contribution in [3.05, 3.63) is 77.7 Å². The van der Waals surface area contributed by atoms with Gasteiger partial charge in [-0.1, -0.05) is 12.1 Å². The highest BCUT2D eigenvalue weighted by Crippen LogP contribution is 2.25. The highest BCUT2D eigenvalue weighted by atomic mass is 32.2. The van der Waals surface area contributed by atoms with Gasteiger partial charge in [-0.2, -0.15) is 0 Å². The molecule has 3 heterocycles. The van der Waals surface area contributed by atoms with Crippen molar-refractivity contribution in [2.45, 2.75) is 4.90 Å². The fourth-order valence-electron chi connectivity index (χ4n) is 3.20. The van der Waals surface area contributed by atoms with E-state index in [0.29, 0.717) is 28.3 Å². The quantitative estimate of drug-likeness (QED) is 0.478. The second-order valence-corrected chi connectivity index (χ2v) is 8.38. The molecule has 2 aromatic carbocycles. The summed E-state index contributed by atoms with van der Waals surface area (Å²) in [6, 6.07) is 13.0. The number of sulfonamides is 1. The zero-order chi connectivity index (χ0) is 20.9. The van der Waals surface area contributed by atoms with Gasteiger partial charge < -0.3 is 4.42 Å². The Kier molecular flexibility index (Phi) is 3.97. The molecule has 3 aromatic heterocycles. The van der Waals surface area contributed by atoms with Crippen molar-refractivity contribution in [3.8, 4) is 11.3 Å². The largest absolute Gasteiger partial charge is 0.419 e. The number of oxazole rings is 1. The summed E-state index contributed by atoms with van der Waals surface area (Å²) in [6.07, 6.45) is 5.32. The number of hydrogen-bond acceptors (Lipinski definition) is 6. The number of aryl methyl sites for hydroxylation is 1. The van der Waals surface area contributed by atoms with Gasteiger partial charge >= 0.3 is 5.76 Å². The predicted molar refractivity (Wildman–Crippen MR) is 111 cm³/mol. The summed E-state index contributed by atoms with van der Waals surface area (Å²) in [5.41, 5.74) is 2.52. The molecule has 0 aliphatic heterocycles. The van der Waals surface area contributed by atoms with Crippen molar-refractivity contribution < 1.29 is 12.8 Å². The third-order valence-corrected chi connectivity index (χ3v) is 6.10. The summed E-state index contributed by atoms with van der Waals surface area (Å²) >= 11 is 0. The molecule has 0 bridgehead atoms. The molecule has 0 aliphatic carbocycles. The van der Waals surface area contributed by atoms with Crippen LogP contribution in [0.5, 0.6) is 0 Å². The highest BCUT2D eigenvalue weighted by molar-refractivity contribution is 7.92. The Balaban J connectivity index is 1.50. The topological polar surface area (TPSA) is 112 Å². The molecule has 0 atom stereocenters. The zero-order valence-electron chi connectivity index (χ0n) is 15.7. The van der Waals surface area contributed by atoms with Crippen molar-refractivity contribution in [3.63, 3.8) is 0 Å². The van der Waals surface area contributed by atoms with Gasteiger partial charge in [-0.3, -0.25) is 13.7 Å². The lowest BCUT2D eigenvalue weighted by atomic mass is 10.1. The second-order valence-electron chi connectivity index (χ2n) is 6.70. The number of hydrogen-bond donors (Lipinski definition) is 1. The van der Waals surface area contributed by atoms with Crippen LogP contribution in [0.2, 0.25) is 0 Å². The maximum Gasteiger partial charge on any atom is 0.419 e. The molecule has 5 aromatic rings. The first-order chi connectivity index (χ1) is 14.4. The molecular weight excluding hydrogens is 406 g/mol. The van der Waals surface area contributed by atoms with Crippen LogP contribution in [0.4, 0.5) is 5.69 Å². The molecule has 0 saturated heterocycles. The average molecular weight is 421 g/mol. The highest BCUT2D eigenvalue weighted by Gasteiger charge is 2.17. The van der Waals surface area contributed by atoms with Crippen molar-refractivity contribution >= 4 is 32.6 Å². The Hall–Kier alpha value is -3.92. The fourth-order valence-corrected chi connectivity index (χ4v) is 4.27. The van der Waals surface area contributed by atoms with Crippen molar-refractivity contribution in [2.24, 2.45) is 7.05 Å². The molecule has 5 rings (SSSR count). The molecule has 0 unspecified atom stereocenters. The van der Waals surface area contributed by atoms with Crippen LogP contribution in [0.25, 0.3) is 28.1 Å². The third-order valence-electron chi connectivity index (χ3n) is 4.72. The minimum atomic E-state index is -3.88. The number of nitrogens with zero attached hydrogens (tertiary/aromatic N) is 4. The SMILES string of the molecule is Cn1c(=O)oc2ccc(S(=O)(=O)Nc3cccc(-c4cn5cccnc5n4)c3)cc21. The van der Waals surface area contributed by atoms with Gasteiger partial charge in [0.05, 0.1) is 16.1 Å². The molecular formula is C20H15N5O4S. The molecule has 0 spiro atoms. The predicted octanol–water partition coefficient (Wildman–Crippen LogP) is 2.64. The second kappa shape index (κ2) is 6.56. The average Bonchev–Trinajstić information content (AvgIpc) is 3.29. The normalized spacial score (nSPS) is 11.9. The Morgan fingerprint density at radius 3 is 2.80 bits per heavy atom. The monoisotopic (exact) mass is 421 g/mol. The van der Waals surface area contributed by atoms with E-state index in [1.165, 1.54) is 29.8 Å². The molecule has 0 amide bonds. The van der Waals surface area contributed by atoms with E-state index in [9.17, 15) is 13.2 Å². The van der Waals surface area contributed by atoms with E-state index in [1.54, 1.807) is 34.9 Å². The molecule has 0 saturated carbocycles. The molecule has 0 aliphatic rings. The number of anilines is 1. The standard InChI is InChI=1S/C20H15N5O4S/c1-24-17-11-15(6-7-18(17)29-20(24)26)30(27,28)23-14-5-2-4-13(10-14)16-12-25-9-3-8-21-19(25)22-16/h2-12,23H,1H3. The Labute approximate surface area is 170 Å². The summed E-state index contributed by atoms with van der Waals surface area (Å²) in [6.45, 7) is 0. The first-order valence-corrected chi connectivity index (χ1v) is 10.4. The summed E-state index contributed by atoms with van der Waals surface area (Å²) in [7, 11) is -2.36. The van der Waals surface area contributed by atoms with Crippen molar-refractivity contribution in [1.82, 2.24) is 18.9 Å². The molecule has 9 nitrogen and oxygen atoms in total. The van der Waals surface area contributed by atoms with E-state index in [1.807, 2.05) is 18.5 Å². The molecule has 150 valence electrons. The van der Waals surface area contributed by atoms with E-state index in [4.69, 9.17) is 4.42 Å². The van der Waals surface area contributed by atoms with E-state index < -0.39 is 15.8 Å². The number of aromatic nitrogens is 4. The van der Waals surface area contributed by atoms with Crippen LogP contribution in [0.1, 0.15) is 0 Å². The van der Waals surface area contributed by atoms with Gasteiger partial charge in [0, 0.05) is 36.9 Å². The summed E-state index contributed by atoms with van der Waals surface area (Å²) < 4.78 is 36.5. The van der Waals surface area contributed by atoms with Gasteiger partial charge in [0.25, 0.3) is 10.0 Å². The molecule has 0 radical (unpaired) electrons. The maximum atomic E-state index is 12.9. The Bertz CT molecular complexity index is 1550. The minimum absolute atomic E-state index is 0.0220. The molecule has 30 heavy (non-hydrogen) atoms. The van der Waals surface area contributed by atoms with Gasteiger partial charge in [-0.05, 0) is 36.4 Å². The lowest BCUT2D eigenvalue weighted by molar-refractivity contribution is 0.528. The number of benzene rings is 2. The number of fused-ring (bicyclic) bond motifs is 2. The van der Waals surface area contributed by atoms with Gasteiger partial charge in [0.2, 0.25) is 5.78 Å². The summed E-state index contributed by atoms with van der Waals surface area (Å²) in [4.78, 5) is 20.3. The van der Waals surface area contributed by atoms with E-state index in [0.717, 1.165) is 5.56 Å². The van der Waals surface area contributed by atoms with Crippen molar-refractivity contribution in [1.29, 1.82) is 0 Å². The van der Waals surface area contributed by atoms with Crippen LogP contribution in [0.15, 0.2) is 81.2 Å². The summed E-state index contributed by atoms with van der Waals surface area (Å²) in [5, 5.41) is 0. The summed E-state index contributed by atoms with van der Waals surface area (Å²) in [5.74, 6) is -0.000312. The van der Waals surface area contributed by atoms with Gasteiger partial charge in [0.1, 0.15) is 0 Å². The van der Waals surface area contributed by atoms with E-state index in [-0.39, 0.29) is 4.90 Å². The van der Waals surface area contributed by atoms with Crippen LogP contribution in [0, 0.1) is 0 Å². The molecule has 0 fully saturated rings. The van der Waals surface area contributed by atoms with Crippen LogP contribution in [-0.2, 0) is 17.1 Å². The van der Waals surface area contributed by atoms with Crippen LogP contribution in [0.3, 0.4) is 0 Å². The zero-order valence-corrected chi connectivity index (χ0v) is 16.5. The number of rotatable bonds is 4. The lowest BCUT2D eigenvalue weighted by Crippen LogP contribution is -2.13. The number of nitrogens with one attached hydrogen (secondary N) is 1. The third kappa shape index (κ3) is 3.03. The smallest absolute Gasteiger partial charge is 0.408 e. The van der Waals surface area contributed by atoms with Gasteiger partial charge in [-0.15, -0.1) is 0 Å². The maximum absolute atomic E-state index is 12.9. The molecule has 10 heteroatoms. The molecule has 1 N–H and O–H groups in total. The number of imidazole rings is 1. The van der Waals surface area contributed by atoms with E-state index >= 15 is 0 Å². The first-order valence-electron chi connectivity index (χ1n) is 8.93. The van der Waals surface area contributed by atoms with Gasteiger partial charge in [-0.25, -0.2) is 23.2 Å². The van der Waals surface area contributed by atoms with Crippen LogP contribution >= 0.6 is 0 Å².